The summed E-state index contributed by atoms with van der Waals surface area (Å²) in [5.74, 6) is 0. The van der Waals surface area contributed by atoms with Gasteiger partial charge >= 0.3 is 0 Å². The van der Waals surface area contributed by atoms with Crippen molar-refractivity contribution in [2.45, 2.75) is 6.54 Å². The van der Waals surface area contributed by atoms with E-state index in [2.05, 4.69) is 52.5 Å². The van der Waals surface area contributed by atoms with Crippen molar-refractivity contribution in [1.29, 1.82) is 0 Å². The van der Waals surface area contributed by atoms with Crippen molar-refractivity contribution in [2.24, 2.45) is 5.73 Å². The van der Waals surface area contributed by atoms with Gasteiger partial charge in [-0.1, -0.05) is 30.3 Å². The molecule has 0 spiro atoms. The minimum absolute atomic E-state index is 0.447. The van der Waals surface area contributed by atoms with Crippen molar-refractivity contribution in [3.63, 3.8) is 0 Å². The van der Waals surface area contributed by atoms with Crippen LogP contribution in [0.1, 0.15) is 5.69 Å². The number of aromatic nitrogens is 3. The summed E-state index contributed by atoms with van der Waals surface area (Å²) in [4.78, 5) is 4.20. The second-order valence-corrected chi connectivity index (χ2v) is 5.41. The molecule has 0 saturated heterocycles. The monoisotopic (exact) mass is 300 g/mol. The molecule has 0 saturated carbocycles. The van der Waals surface area contributed by atoms with Gasteiger partial charge < -0.3 is 5.73 Å². The van der Waals surface area contributed by atoms with Crippen molar-refractivity contribution in [3.8, 4) is 16.8 Å². The molecular formula is C19H16N4. The van der Waals surface area contributed by atoms with E-state index >= 15 is 0 Å². The number of nitrogens with two attached hydrogens (primary N) is 1. The number of fused-ring (bicyclic) bond motifs is 1. The van der Waals surface area contributed by atoms with Gasteiger partial charge in [0.15, 0.2) is 0 Å². The van der Waals surface area contributed by atoms with Gasteiger partial charge in [0.25, 0.3) is 0 Å². The van der Waals surface area contributed by atoms with Gasteiger partial charge in [0.1, 0.15) is 0 Å². The van der Waals surface area contributed by atoms with Crippen molar-refractivity contribution in [3.05, 3.63) is 78.9 Å². The van der Waals surface area contributed by atoms with Gasteiger partial charge in [0, 0.05) is 30.5 Å². The second-order valence-electron chi connectivity index (χ2n) is 5.41. The Labute approximate surface area is 134 Å². The van der Waals surface area contributed by atoms with Gasteiger partial charge in [-0.2, -0.15) is 5.10 Å². The van der Waals surface area contributed by atoms with Crippen LogP contribution in [0.3, 0.4) is 0 Å². The Hall–Kier alpha value is -2.98. The van der Waals surface area contributed by atoms with Gasteiger partial charge in [-0.3, -0.25) is 4.98 Å². The highest BCUT2D eigenvalue weighted by Crippen LogP contribution is 2.29. The van der Waals surface area contributed by atoms with E-state index in [4.69, 9.17) is 5.73 Å². The molecule has 0 aliphatic heterocycles. The van der Waals surface area contributed by atoms with Crippen LogP contribution >= 0.6 is 0 Å². The molecule has 4 nitrogen and oxygen atoms in total. The molecule has 112 valence electrons. The molecule has 4 rings (SSSR count). The summed E-state index contributed by atoms with van der Waals surface area (Å²) in [6.45, 7) is 0.447. The molecule has 0 atom stereocenters. The number of rotatable bonds is 3. The number of nitrogens with zero attached hydrogens (tertiary/aromatic N) is 3. The first-order chi connectivity index (χ1) is 11.3. The fourth-order valence-electron chi connectivity index (χ4n) is 2.80. The summed E-state index contributed by atoms with van der Waals surface area (Å²) in [6, 6.07) is 18.6. The van der Waals surface area contributed by atoms with Gasteiger partial charge in [0.05, 0.1) is 11.4 Å². The molecule has 0 aliphatic carbocycles. The highest BCUT2D eigenvalue weighted by molar-refractivity contribution is 5.96. The number of hydrogen-bond donors (Lipinski definition) is 1. The Morgan fingerprint density at radius 3 is 2.78 bits per heavy atom. The average molecular weight is 300 g/mol. The predicted octanol–water partition coefficient (Wildman–Crippen LogP) is 3.55. The van der Waals surface area contributed by atoms with Gasteiger partial charge in [0.2, 0.25) is 0 Å². The number of pyridine rings is 1. The van der Waals surface area contributed by atoms with Crippen LogP contribution in [0.25, 0.3) is 27.6 Å². The van der Waals surface area contributed by atoms with E-state index in [0.29, 0.717) is 6.54 Å². The first-order valence-electron chi connectivity index (χ1n) is 7.53. The van der Waals surface area contributed by atoms with Crippen LogP contribution in [0.2, 0.25) is 0 Å². The maximum atomic E-state index is 5.64. The Kier molecular flexibility index (Phi) is 3.37. The van der Waals surface area contributed by atoms with E-state index in [9.17, 15) is 0 Å². The SMILES string of the molecule is NCc1ccn(-c2cccc(-c3cccc4cnccc34)c2)n1. The lowest BCUT2D eigenvalue weighted by Crippen LogP contribution is -2.00. The largest absolute Gasteiger partial charge is 0.325 e. The summed E-state index contributed by atoms with van der Waals surface area (Å²) in [6.07, 6.45) is 5.66. The Bertz CT molecular complexity index is 966. The number of benzene rings is 2. The van der Waals surface area contributed by atoms with E-state index in [1.54, 1.807) is 0 Å². The fourth-order valence-corrected chi connectivity index (χ4v) is 2.80. The maximum Gasteiger partial charge on any atom is 0.0764 e. The van der Waals surface area contributed by atoms with E-state index in [-0.39, 0.29) is 0 Å². The molecule has 2 N–H and O–H groups in total. The smallest absolute Gasteiger partial charge is 0.0764 e. The third-order valence-corrected chi connectivity index (χ3v) is 3.96. The Morgan fingerprint density at radius 1 is 1.00 bits per heavy atom. The van der Waals surface area contributed by atoms with Crippen LogP contribution in [0.5, 0.6) is 0 Å². The third kappa shape index (κ3) is 2.49. The number of hydrogen-bond acceptors (Lipinski definition) is 3. The predicted molar refractivity (Wildman–Crippen MR) is 92.2 cm³/mol. The molecule has 0 radical (unpaired) electrons. The van der Waals surface area contributed by atoms with E-state index < -0.39 is 0 Å². The topological polar surface area (TPSA) is 56.7 Å². The van der Waals surface area contributed by atoms with Crippen molar-refractivity contribution in [2.75, 3.05) is 0 Å². The molecule has 2 aromatic carbocycles. The summed E-state index contributed by atoms with van der Waals surface area (Å²) >= 11 is 0. The van der Waals surface area contributed by atoms with E-state index in [1.807, 2.05) is 35.4 Å². The molecule has 4 heteroatoms. The van der Waals surface area contributed by atoms with Crippen molar-refractivity contribution < 1.29 is 0 Å². The quantitative estimate of drug-likeness (QED) is 0.629. The zero-order valence-corrected chi connectivity index (χ0v) is 12.6. The lowest BCUT2D eigenvalue weighted by molar-refractivity contribution is 0.834. The minimum atomic E-state index is 0.447. The standard InChI is InChI=1S/C19H16N4/c20-12-16-8-10-23(22-16)17-5-1-3-14(11-17)18-6-2-4-15-13-21-9-7-19(15)18/h1-11,13H,12,20H2. The fraction of sp³-hybridized carbons (Fsp3) is 0.0526. The zero-order valence-electron chi connectivity index (χ0n) is 12.6. The van der Waals surface area contributed by atoms with E-state index in [0.717, 1.165) is 22.3 Å². The van der Waals surface area contributed by atoms with Crippen LogP contribution in [0.4, 0.5) is 0 Å². The maximum absolute atomic E-state index is 5.64. The van der Waals surface area contributed by atoms with Gasteiger partial charge in [-0.15, -0.1) is 0 Å². The minimum Gasteiger partial charge on any atom is -0.325 e. The Balaban J connectivity index is 1.84. The average Bonchev–Trinajstić information content (AvgIpc) is 3.11. The Morgan fingerprint density at radius 2 is 1.91 bits per heavy atom. The first kappa shape index (κ1) is 13.7. The molecule has 0 fully saturated rings. The van der Waals surface area contributed by atoms with Crippen LogP contribution < -0.4 is 5.73 Å². The molecular weight excluding hydrogens is 284 g/mol. The van der Waals surface area contributed by atoms with Crippen molar-refractivity contribution in [1.82, 2.24) is 14.8 Å². The highest BCUT2D eigenvalue weighted by atomic mass is 15.3. The normalized spacial score (nSPS) is 11.0. The molecule has 4 aromatic rings. The molecule has 23 heavy (non-hydrogen) atoms. The molecule has 0 bridgehead atoms. The molecule has 0 aliphatic rings. The molecule has 0 amide bonds. The molecule has 0 unspecified atom stereocenters. The summed E-state index contributed by atoms with van der Waals surface area (Å²) in [7, 11) is 0. The van der Waals surface area contributed by atoms with Crippen molar-refractivity contribution >= 4 is 10.8 Å². The highest BCUT2D eigenvalue weighted by Gasteiger charge is 2.06. The lowest BCUT2D eigenvalue weighted by atomic mass is 9.99. The van der Waals surface area contributed by atoms with Gasteiger partial charge in [-0.05, 0) is 40.8 Å². The van der Waals surface area contributed by atoms with Crippen LogP contribution in [-0.2, 0) is 6.54 Å². The zero-order chi connectivity index (χ0) is 15.6. The third-order valence-electron chi connectivity index (χ3n) is 3.96. The van der Waals surface area contributed by atoms with Crippen LogP contribution in [0.15, 0.2) is 73.2 Å². The summed E-state index contributed by atoms with van der Waals surface area (Å²) in [5, 5.41) is 6.81. The molecule has 2 aromatic heterocycles. The van der Waals surface area contributed by atoms with Gasteiger partial charge in [-0.25, -0.2) is 4.68 Å². The van der Waals surface area contributed by atoms with E-state index in [1.165, 1.54) is 10.9 Å². The summed E-state index contributed by atoms with van der Waals surface area (Å²) < 4.78 is 1.86. The second kappa shape index (κ2) is 5.66. The molecule has 2 heterocycles. The van der Waals surface area contributed by atoms with Crippen LogP contribution in [0, 0.1) is 0 Å². The summed E-state index contributed by atoms with van der Waals surface area (Å²) in [5.41, 5.74) is 9.89. The lowest BCUT2D eigenvalue weighted by Gasteiger charge is -2.09. The van der Waals surface area contributed by atoms with Crippen LogP contribution in [-0.4, -0.2) is 14.8 Å². The first-order valence-corrected chi connectivity index (χ1v) is 7.53.